The van der Waals surface area contributed by atoms with E-state index in [1.165, 1.54) is 23.1 Å². The first kappa shape index (κ1) is 25.5. The SMILES string of the molecule is C=CCNC(=O)CSc1nc(-c2ccccc2)c(NC(=O)C2CC(=O)N(c3ccc(OC)cc3)C2)s1. The number of benzene rings is 2. The first-order chi connectivity index (χ1) is 17.5. The van der Waals surface area contributed by atoms with Crippen LogP contribution in [0, 0.1) is 5.92 Å². The number of hydrogen-bond donors (Lipinski definition) is 2. The highest BCUT2D eigenvalue weighted by atomic mass is 32.2. The average molecular weight is 523 g/mol. The van der Waals surface area contributed by atoms with Crippen LogP contribution in [-0.2, 0) is 14.4 Å². The van der Waals surface area contributed by atoms with Crippen molar-refractivity contribution in [2.45, 2.75) is 10.8 Å². The Kier molecular flexibility index (Phi) is 8.40. The van der Waals surface area contributed by atoms with Gasteiger partial charge in [0, 0.05) is 30.8 Å². The standard InChI is InChI=1S/C26H26N4O4S2/c1-3-13-27-21(31)16-35-26-28-23(17-7-5-4-6-8-17)25(36-26)29-24(33)18-14-22(32)30(15-18)19-9-11-20(34-2)12-10-19/h3-12,18H,1,13-16H2,2H3,(H,27,31)(H,29,33). The van der Waals surface area contributed by atoms with Gasteiger partial charge in [-0.2, -0.15) is 0 Å². The number of anilines is 2. The summed E-state index contributed by atoms with van der Waals surface area (Å²) in [4.78, 5) is 44.2. The van der Waals surface area contributed by atoms with Gasteiger partial charge in [-0.05, 0) is 24.3 Å². The van der Waals surface area contributed by atoms with E-state index in [0.717, 1.165) is 11.3 Å². The van der Waals surface area contributed by atoms with Gasteiger partial charge in [0.1, 0.15) is 16.4 Å². The number of nitrogens with one attached hydrogen (secondary N) is 2. The van der Waals surface area contributed by atoms with Crippen LogP contribution < -0.4 is 20.3 Å². The van der Waals surface area contributed by atoms with E-state index in [9.17, 15) is 14.4 Å². The smallest absolute Gasteiger partial charge is 0.230 e. The maximum absolute atomic E-state index is 13.2. The van der Waals surface area contributed by atoms with Gasteiger partial charge in [0.25, 0.3) is 0 Å². The second-order valence-corrected chi connectivity index (χ2v) is 10.2. The van der Waals surface area contributed by atoms with Gasteiger partial charge in [-0.3, -0.25) is 14.4 Å². The van der Waals surface area contributed by atoms with Gasteiger partial charge in [0.15, 0.2) is 4.34 Å². The highest BCUT2D eigenvalue weighted by Crippen LogP contribution is 2.38. The molecule has 3 aromatic rings. The van der Waals surface area contributed by atoms with Gasteiger partial charge in [0.2, 0.25) is 17.7 Å². The van der Waals surface area contributed by atoms with Crippen LogP contribution in [0.25, 0.3) is 11.3 Å². The summed E-state index contributed by atoms with van der Waals surface area (Å²) in [6.45, 7) is 4.29. The Balaban J connectivity index is 1.48. The van der Waals surface area contributed by atoms with Crippen LogP contribution in [0.15, 0.2) is 71.6 Å². The van der Waals surface area contributed by atoms with Crippen molar-refractivity contribution >= 4 is 51.5 Å². The average Bonchev–Trinajstić information content (AvgIpc) is 3.50. The van der Waals surface area contributed by atoms with E-state index >= 15 is 0 Å². The summed E-state index contributed by atoms with van der Waals surface area (Å²) in [6.07, 6.45) is 1.75. The van der Waals surface area contributed by atoms with Gasteiger partial charge >= 0.3 is 0 Å². The largest absolute Gasteiger partial charge is 0.497 e. The molecule has 1 unspecified atom stereocenters. The molecule has 2 N–H and O–H groups in total. The number of ether oxygens (including phenoxy) is 1. The summed E-state index contributed by atoms with van der Waals surface area (Å²) in [5.74, 6) is -0.0480. The van der Waals surface area contributed by atoms with E-state index < -0.39 is 5.92 Å². The predicted molar refractivity (Wildman–Crippen MR) is 144 cm³/mol. The third-order valence-electron chi connectivity index (χ3n) is 5.54. The second kappa shape index (κ2) is 11.9. The highest BCUT2D eigenvalue weighted by Gasteiger charge is 2.35. The third kappa shape index (κ3) is 6.13. The molecule has 10 heteroatoms. The zero-order valence-electron chi connectivity index (χ0n) is 19.7. The van der Waals surface area contributed by atoms with Crippen molar-refractivity contribution in [3.05, 3.63) is 67.3 Å². The van der Waals surface area contributed by atoms with Gasteiger partial charge in [-0.25, -0.2) is 4.98 Å². The minimum atomic E-state index is -0.494. The molecule has 0 bridgehead atoms. The number of amides is 3. The molecule has 8 nitrogen and oxygen atoms in total. The molecule has 0 aliphatic carbocycles. The molecular formula is C26H26N4O4S2. The van der Waals surface area contributed by atoms with Gasteiger partial charge < -0.3 is 20.3 Å². The van der Waals surface area contributed by atoms with Crippen molar-refractivity contribution in [2.24, 2.45) is 5.92 Å². The lowest BCUT2D eigenvalue weighted by molar-refractivity contribution is -0.122. The number of thiazole rings is 1. The number of carbonyl (C=O) groups is 3. The molecule has 0 spiro atoms. The lowest BCUT2D eigenvalue weighted by Crippen LogP contribution is -2.28. The highest BCUT2D eigenvalue weighted by molar-refractivity contribution is 8.01. The summed E-state index contributed by atoms with van der Waals surface area (Å²) < 4.78 is 5.85. The Morgan fingerprint density at radius 3 is 2.67 bits per heavy atom. The van der Waals surface area contributed by atoms with Crippen molar-refractivity contribution in [1.29, 1.82) is 0 Å². The lowest BCUT2D eigenvalue weighted by Gasteiger charge is -2.17. The number of thioether (sulfide) groups is 1. The predicted octanol–water partition coefficient (Wildman–Crippen LogP) is 4.20. The fourth-order valence-electron chi connectivity index (χ4n) is 3.71. The molecule has 0 radical (unpaired) electrons. The number of rotatable bonds is 10. The molecule has 1 aliphatic heterocycles. The summed E-state index contributed by atoms with van der Waals surface area (Å²) in [6, 6.07) is 16.7. The lowest BCUT2D eigenvalue weighted by atomic mass is 10.1. The Morgan fingerprint density at radius 1 is 1.22 bits per heavy atom. The van der Waals surface area contributed by atoms with Crippen LogP contribution in [0.2, 0.25) is 0 Å². The Morgan fingerprint density at radius 2 is 1.97 bits per heavy atom. The molecule has 1 atom stereocenters. The fourth-order valence-corrected chi connectivity index (χ4v) is 5.61. The van der Waals surface area contributed by atoms with Crippen molar-refractivity contribution in [2.75, 3.05) is 36.2 Å². The topological polar surface area (TPSA) is 101 Å². The molecule has 2 aromatic carbocycles. The van der Waals surface area contributed by atoms with E-state index in [1.807, 2.05) is 42.5 Å². The van der Waals surface area contributed by atoms with Crippen LogP contribution in [0.5, 0.6) is 5.75 Å². The second-order valence-electron chi connectivity index (χ2n) is 8.00. The van der Waals surface area contributed by atoms with Crippen LogP contribution >= 0.6 is 23.1 Å². The number of nitrogens with zero attached hydrogens (tertiary/aromatic N) is 2. The van der Waals surface area contributed by atoms with Gasteiger partial charge in [0.05, 0.1) is 18.8 Å². The van der Waals surface area contributed by atoms with E-state index in [4.69, 9.17) is 4.74 Å². The minimum Gasteiger partial charge on any atom is -0.497 e. The molecule has 4 rings (SSSR count). The number of aromatic nitrogens is 1. The number of methoxy groups -OCH3 is 1. The molecular weight excluding hydrogens is 496 g/mol. The van der Waals surface area contributed by atoms with E-state index in [1.54, 1.807) is 30.2 Å². The van der Waals surface area contributed by atoms with Gasteiger partial charge in [-0.1, -0.05) is 59.5 Å². The quantitative estimate of drug-likeness (QED) is 0.306. The van der Waals surface area contributed by atoms with Crippen LogP contribution in [-0.4, -0.2) is 48.7 Å². The van der Waals surface area contributed by atoms with Gasteiger partial charge in [-0.15, -0.1) is 6.58 Å². The molecule has 186 valence electrons. The molecule has 1 aromatic heterocycles. The Labute approximate surface area is 217 Å². The first-order valence-electron chi connectivity index (χ1n) is 11.3. The molecule has 0 saturated carbocycles. The van der Waals surface area contributed by atoms with Crippen molar-refractivity contribution in [3.63, 3.8) is 0 Å². The third-order valence-corrected chi connectivity index (χ3v) is 7.66. The minimum absolute atomic E-state index is 0.102. The van der Waals surface area contributed by atoms with Crippen LogP contribution in [0.4, 0.5) is 10.7 Å². The summed E-state index contributed by atoms with van der Waals surface area (Å²) >= 11 is 2.62. The Bertz CT molecular complexity index is 1240. The summed E-state index contributed by atoms with van der Waals surface area (Å²) in [5, 5.41) is 6.33. The van der Waals surface area contributed by atoms with Crippen molar-refractivity contribution in [3.8, 4) is 17.0 Å². The van der Waals surface area contributed by atoms with Crippen molar-refractivity contribution < 1.29 is 19.1 Å². The molecule has 1 fully saturated rings. The van der Waals surface area contributed by atoms with E-state index in [-0.39, 0.29) is 29.9 Å². The summed E-state index contributed by atoms with van der Waals surface area (Å²) in [5.41, 5.74) is 2.22. The van der Waals surface area contributed by atoms with Crippen LogP contribution in [0.3, 0.4) is 0 Å². The van der Waals surface area contributed by atoms with Crippen molar-refractivity contribution in [1.82, 2.24) is 10.3 Å². The molecule has 2 heterocycles. The van der Waals surface area contributed by atoms with E-state index in [0.29, 0.717) is 33.9 Å². The maximum atomic E-state index is 13.2. The molecule has 1 saturated heterocycles. The Hall–Kier alpha value is -3.63. The monoisotopic (exact) mass is 522 g/mol. The first-order valence-corrected chi connectivity index (χ1v) is 13.1. The van der Waals surface area contributed by atoms with Crippen LogP contribution in [0.1, 0.15) is 6.42 Å². The summed E-state index contributed by atoms with van der Waals surface area (Å²) in [7, 11) is 1.58. The zero-order chi connectivity index (χ0) is 25.5. The number of hydrogen-bond acceptors (Lipinski definition) is 7. The fraction of sp³-hybridized carbons (Fsp3) is 0.231. The molecule has 36 heavy (non-hydrogen) atoms. The molecule has 1 aliphatic rings. The maximum Gasteiger partial charge on any atom is 0.230 e. The normalized spacial score (nSPS) is 15.0. The van der Waals surface area contributed by atoms with E-state index in [2.05, 4.69) is 22.2 Å². The molecule has 3 amide bonds. The number of carbonyl (C=O) groups excluding carboxylic acids is 3. The zero-order valence-corrected chi connectivity index (χ0v) is 21.4.